The molecule has 9 nitrogen and oxygen atoms in total. The van der Waals surface area contributed by atoms with E-state index in [1.165, 1.54) is 18.1 Å². The van der Waals surface area contributed by atoms with Gasteiger partial charge in [-0.25, -0.2) is 15.0 Å². The lowest BCUT2D eigenvalue weighted by molar-refractivity contribution is -0.115. The molecule has 1 amide bonds. The number of nitrogens with zero attached hydrogens (tertiary/aromatic N) is 4. The minimum atomic E-state index is -0.381. The van der Waals surface area contributed by atoms with Crippen LogP contribution in [-0.4, -0.2) is 43.2 Å². The highest BCUT2D eigenvalue weighted by molar-refractivity contribution is 8.00. The first-order valence-electron chi connectivity index (χ1n) is 7.55. The van der Waals surface area contributed by atoms with Gasteiger partial charge in [0.1, 0.15) is 22.1 Å². The fourth-order valence-corrected chi connectivity index (χ4v) is 3.19. The Labute approximate surface area is 147 Å². The average molecular weight is 359 g/mol. The van der Waals surface area contributed by atoms with Gasteiger partial charge in [0, 0.05) is 12.3 Å². The zero-order chi connectivity index (χ0) is 17.8. The third kappa shape index (κ3) is 3.79. The molecule has 0 aliphatic rings. The van der Waals surface area contributed by atoms with Crippen molar-refractivity contribution in [2.24, 2.45) is 0 Å². The van der Waals surface area contributed by atoms with Crippen molar-refractivity contribution in [1.29, 1.82) is 0 Å². The van der Waals surface area contributed by atoms with Crippen molar-refractivity contribution in [1.82, 2.24) is 24.9 Å². The maximum atomic E-state index is 12.6. The number of imidazole rings is 1. The van der Waals surface area contributed by atoms with Crippen molar-refractivity contribution < 1.29 is 9.53 Å². The summed E-state index contributed by atoms with van der Waals surface area (Å²) in [5.41, 5.74) is 6.85. The van der Waals surface area contributed by atoms with Crippen LogP contribution in [0, 0.1) is 0 Å². The first-order valence-corrected chi connectivity index (χ1v) is 8.42. The predicted molar refractivity (Wildman–Crippen MR) is 95.5 cm³/mol. The second-order valence-corrected chi connectivity index (χ2v) is 6.26. The van der Waals surface area contributed by atoms with Crippen LogP contribution in [0.1, 0.15) is 13.3 Å². The summed E-state index contributed by atoms with van der Waals surface area (Å²) in [4.78, 5) is 32.0. The molecule has 0 saturated heterocycles. The van der Waals surface area contributed by atoms with Crippen molar-refractivity contribution in [2.75, 3.05) is 18.2 Å². The lowest BCUT2D eigenvalue weighted by Crippen LogP contribution is -2.25. The highest BCUT2D eigenvalue weighted by Gasteiger charge is 2.22. The molecular weight excluding hydrogens is 342 g/mol. The van der Waals surface area contributed by atoms with E-state index in [9.17, 15) is 4.79 Å². The van der Waals surface area contributed by atoms with Crippen molar-refractivity contribution in [2.45, 2.75) is 23.6 Å². The van der Waals surface area contributed by atoms with Crippen LogP contribution in [0.5, 0.6) is 5.75 Å². The number of ether oxygens (including phenoxy) is 1. The van der Waals surface area contributed by atoms with Gasteiger partial charge in [0.2, 0.25) is 11.9 Å². The molecule has 0 unspecified atom stereocenters. The molecule has 0 aliphatic carbocycles. The van der Waals surface area contributed by atoms with Crippen LogP contribution in [0.4, 0.5) is 11.8 Å². The fraction of sp³-hybridized carbons (Fsp3) is 0.267. The van der Waals surface area contributed by atoms with E-state index in [0.717, 1.165) is 0 Å². The molecule has 0 aliphatic heterocycles. The SMILES string of the molecule is CC[C@H](Sc1nc(N)nc2nc[nH]c12)C(=O)Nc1cc(OC)ccn1. The Morgan fingerprint density at radius 3 is 3.04 bits per heavy atom. The average Bonchev–Trinajstić information content (AvgIpc) is 3.07. The lowest BCUT2D eigenvalue weighted by Gasteiger charge is -2.14. The molecule has 3 aromatic rings. The van der Waals surface area contributed by atoms with Gasteiger partial charge in [-0.3, -0.25) is 4.79 Å². The second kappa shape index (κ2) is 7.34. The van der Waals surface area contributed by atoms with E-state index in [2.05, 4.69) is 30.2 Å². The summed E-state index contributed by atoms with van der Waals surface area (Å²) >= 11 is 1.30. The molecule has 3 heterocycles. The van der Waals surface area contributed by atoms with Gasteiger partial charge >= 0.3 is 0 Å². The van der Waals surface area contributed by atoms with Gasteiger partial charge in [-0.2, -0.15) is 4.98 Å². The number of aromatic amines is 1. The number of fused-ring (bicyclic) bond motifs is 1. The largest absolute Gasteiger partial charge is 0.497 e. The van der Waals surface area contributed by atoms with Crippen LogP contribution in [0.2, 0.25) is 0 Å². The van der Waals surface area contributed by atoms with E-state index >= 15 is 0 Å². The summed E-state index contributed by atoms with van der Waals surface area (Å²) < 4.78 is 5.13. The van der Waals surface area contributed by atoms with E-state index in [0.29, 0.717) is 34.2 Å². The summed E-state index contributed by atoms with van der Waals surface area (Å²) in [5, 5.41) is 3.00. The number of carbonyl (C=O) groups excluding carboxylic acids is 1. The van der Waals surface area contributed by atoms with Crippen LogP contribution in [0.25, 0.3) is 11.2 Å². The Bertz CT molecular complexity index is 898. The van der Waals surface area contributed by atoms with Crippen LogP contribution in [0.3, 0.4) is 0 Å². The number of thioether (sulfide) groups is 1. The molecule has 10 heteroatoms. The normalized spacial score (nSPS) is 12.1. The molecule has 0 bridgehead atoms. The summed E-state index contributed by atoms with van der Waals surface area (Å²) in [6.45, 7) is 1.92. The summed E-state index contributed by atoms with van der Waals surface area (Å²) in [7, 11) is 1.56. The fourth-order valence-electron chi connectivity index (χ4n) is 2.18. The maximum absolute atomic E-state index is 12.6. The van der Waals surface area contributed by atoms with Crippen molar-refractivity contribution >= 4 is 40.6 Å². The molecule has 0 fully saturated rings. The Hall–Kier alpha value is -2.88. The van der Waals surface area contributed by atoms with E-state index in [-0.39, 0.29) is 17.1 Å². The van der Waals surface area contributed by atoms with Crippen LogP contribution < -0.4 is 15.8 Å². The number of methoxy groups -OCH3 is 1. The van der Waals surface area contributed by atoms with Gasteiger partial charge in [-0.1, -0.05) is 18.7 Å². The number of nitrogen functional groups attached to an aromatic ring is 1. The molecule has 1 atom stereocenters. The number of amides is 1. The van der Waals surface area contributed by atoms with Crippen LogP contribution >= 0.6 is 11.8 Å². The summed E-state index contributed by atoms with van der Waals surface area (Å²) in [6.07, 6.45) is 3.69. The molecule has 0 radical (unpaired) electrons. The molecule has 3 aromatic heterocycles. The third-order valence-corrected chi connectivity index (χ3v) is 4.76. The number of aromatic nitrogens is 5. The Balaban J connectivity index is 1.79. The number of hydrogen-bond acceptors (Lipinski definition) is 8. The second-order valence-electron chi connectivity index (χ2n) is 5.07. The molecule has 130 valence electrons. The topological polar surface area (TPSA) is 132 Å². The molecule has 25 heavy (non-hydrogen) atoms. The lowest BCUT2D eigenvalue weighted by atomic mass is 10.3. The number of H-pyrrole nitrogens is 1. The molecule has 0 saturated carbocycles. The number of anilines is 2. The number of nitrogens with one attached hydrogen (secondary N) is 2. The molecule has 3 rings (SSSR count). The Kier molecular flexibility index (Phi) is 4.98. The quantitative estimate of drug-likeness (QED) is 0.449. The highest BCUT2D eigenvalue weighted by Crippen LogP contribution is 2.29. The molecule has 0 spiro atoms. The minimum absolute atomic E-state index is 0.117. The van der Waals surface area contributed by atoms with Gasteiger partial charge in [0.05, 0.1) is 18.7 Å². The summed E-state index contributed by atoms with van der Waals surface area (Å²) in [6, 6.07) is 3.37. The monoisotopic (exact) mass is 359 g/mol. The number of rotatable bonds is 6. The third-order valence-electron chi connectivity index (χ3n) is 3.41. The molecule has 0 aromatic carbocycles. The van der Waals surface area contributed by atoms with E-state index in [1.807, 2.05) is 6.92 Å². The van der Waals surface area contributed by atoms with Gasteiger partial charge < -0.3 is 20.8 Å². The zero-order valence-electron chi connectivity index (χ0n) is 13.7. The van der Waals surface area contributed by atoms with Crippen molar-refractivity contribution in [3.8, 4) is 5.75 Å². The van der Waals surface area contributed by atoms with Crippen LogP contribution in [-0.2, 0) is 4.79 Å². The smallest absolute Gasteiger partial charge is 0.239 e. The van der Waals surface area contributed by atoms with Gasteiger partial charge in [0.25, 0.3) is 0 Å². The van der Waals surface area contributed by atoms with Gasteiger partial charge in [-0.15, -0.1) is 0 Å². The Morgan fingerprint density at radius 2 is 2.28 bits per heavy atom. The number of nitrogens with two attached hydrogens (primary N) is 1. The summed E-state index contributed by atoms with van der Waals surface area (Å²) in [5.74, 6) is 0.982. The van der Waals surface area contributed by atoms with Crippen LogP contribution in [0.15, 0.2) is 29.7 Å². The first kappa shape index (κ1) is 17.0. The van der Waals surface area contributed by atoms with Gasteiger partial charge in [-0.05, 0) is 12.5 Å². The zero-order valence-corrected chi connectivity index (χ0v) is 14.5. The molecular formula is C15H17N7O2S. The van der Waals surface area contributed by atoms with Gasteiger partial charge in [0.15, 0.2) is 5.65 Å². The number of hydrogen-bond donors (Lipinski definition) is 3. The highest BCUT2D eigenvalue weighted by atomic mass is 32.2. The molecule has 4 N–H and O–H groups in total. The van der Waals surface area contributed by atoms with E-state index in [1.54, 1.807) is 25.4 Å². The van der Waals surface area contributed by atoms with E-state index in [4.69, 9.17) is 10.5 Å². The minimum Gasteiger partial charge on any atom is -0.497 e. The predicted octanol–water partition coefficient (Wildman–Crippen LogP) is 1.85. The number of pyridine rings is 1. The van der Waals surface area contributed by atoms with Crippen molar-refractivity contribution in [3.05, 3.63) is 24.7 Å². The standard InChI is InChI=1S/C15H17N7O2S/c1-3-9(13(23)20-10-6-8(24-2)4-5-17-10)25-14-11-12(19-7-18-11)21-15(16)22-14/h4-7,9H,3H2,1-2H3,(H,17,20,23)(H3,16,18,19,21,22)/t9-/m0/s1. The van der Waals surface area contributed by atoms with Crippen molar-refractivity contribution in [3.63, 3.8) is 0 Å². The Morgan fingerprint density at radius 1 is 1.44 bits per heavy atom. The first-order chi connectivity index (χ1) is 12.1. The van der Waals surface area contributed by atoms with E-state index < -0.39 is 0 Å². The number of carbonyl (C=O) groups is 1. The maximum Gasteiger partial charge on any atom is 0.239 e.